The predicted molar refractivity (Wildman–Crippen MR) is 95.0 cm³/mol. The van der Waals surface area contributed by atoms with Gasteiger partial charge in [0.15, 0.2) is 6.29 Å². The summed E-state index contributed by atoms with van der Waals surface area (Å²) in [6.07, 6.45) is 1.70. The van der Waals surface area contributed by atoms with E-state index in [1.54, 1.807) is 0 Å². The lowest BCUT2D eigenvalue weighted by Gasteiger charge is -2.37. The van der Waals surface area contributed by atoms with Crippen LogP contribution in [0.1, 0.15) is 54.4 Å². The second-order valence-corrected chi connectivity index (χ2v) is 7.37. The van der Waals surface area contributed by atoms with Gasteiger partial charge in [-0.2, -0.15) is 0 Å². The van der Waals surface area contributed by atoms with Gasteiger partial charge in [0.25, 0.3) is 0 Å². The molecular formula is C18H36N2O4. The standard InChI is InChI=1S/C18H36N2O4/c1-7-22-16(23-8-2)12-19-14(3)15-10-9-11-20(13-15)17(21)24-18(4,5)6/h14-16,19H,7-13H2,1-6H3/t14-,15-/m1/s1. The number of carbonyl (C=O) groups excluding carboxylic acids is 1. The third-order valence-corrected chi connectivity index (χ3v) is 4.13. The Morgan fingerprint density at radius 2 is 1.88 bits per heavy atom. The lowest BCUT2D eigenvalue weighted by Crippen LogP contribution is -2.49. The first-order chi connectivity index (χ1) is 11.3. The zero-order valence-corrected chi connectivity index (χ0v) is 16.3. The maximum atomic E-state index is 12.3. The van der Waals surface area contributed by atoms with E-state index in [1.165, 1.54) is 0 Å². The predicted octanol–water partition coefficient (Wildman–Crippen LogP) is 3.01. The summed E-state index contributed by atoms with van der Waals surface area (Å²) in [6.45, 7) is 15.2. The Balaban J connectivity index is 2.46. The number of amides is 1. The molecule has 1 saturated heterocycles. The number of likely N-dealkylation sites (tertiary alicyclic amines) is 1. The first-order valence-electron chi connectivity index (χ1n) is 9.21. The molecule has 1 aliphatic heterocycles. The lowest BCUT2D eigenvalue weighted by molar-refractivity contribution is -0.134. The van der Waals surface area contributed by atoms with Crippen LogP contribution in [-0.2, 0) is 14.2 Å². The number of nitrogens with zero attached hydrogens (tertiary/aromatic N) is 1. The van der Waals surface area contributed by atoms with Crippen molar-refractivity contribution < 1.29 is 19.0 Å². The molecule has 1 aliphatic rings. The van der Waals surface area contributed by atoms with Crippen LogP contribution in [0, 0.1) is 5.92 Å². The van der Waals surface area contributed by atoms with Gasteiger partial charge in [-0.25, -0.2) is 4.79 Å². The lowest BCUT2D eigenvalue weighted by atomic mass is 9.92. The van der Waals surface area contributed by atoms with Crippen LogP contribution >= 0.6 is 0 Å². The maximum absolute atomic E-state index is 12.3. The van der Waals surface area contributed by atoms with E-state index in [4.69, 9.17) is 14.2 Å². The van der Waals surface area contributed by atoms with Gasteiger partial charge >= 0.3 is 6.09 Å². The number of hydrogen-bond donors (Lipinski definition) is 1. The van der Waals surface area contributed by atoms with E-state index in [1.807, 2.05) is 39.5 Å². The molecule has 1 amide bonds. The Morgan fingerprint density at radius 3 is 2.42 bits per heavy atom. The highest BCUT2D eigenvalue weighted by Crippen LogP contribution is 2.22. The normalized spacial score (nSPS) is 20.3. The number of ether oxygens (including phenoxy) is 3. The second-order valence-electron chi connectivity index (χ2n) is 7.37. The van der Waals surface area contributed by atoms with Crippen molar-refractivity contribution in [2.75, 3.05) is 32.8 Å². The molecule has 6 heteroatoms. The van der Waals surface area contributed by atoms with E-state index in [0.29, 0.717) is 31.7 Å². The summed E-state index contributed by atoms with van der Waals surface area (Å²) in [6, 6.07) is 0.290. The Bertz CT molecular complexity index is 365. The van der Waals surface area contributed by atoms with Gasteiger partial charge in [-0.15, -0.1) is 0 Å². The monoisotopic (exact) mass is 344 g/mol. The van der Waals surface area contributed by atoms with Gasteiger partial charge in [0.1, 0.15) is 5.60 Å². The van der Waals surface area contributed by atoms with E-state index in [0.717, 1.165) is 25.9 Å². The Hall–Kier alpha value is -0.850. The molecule has 0 bridgehead atoms. The van der Waals surface area contributed by atoms with Crippen LogP contribution in [0.5, 0.6) is 0 Å². The Morgan fingerprint density at radius 1 is 1.25 bits per heavy atom. The van der Waals surface area contributed by atoms with Crippen LogP contribution in [0.4, 0.5) is 4.79 Å². The van der Waals surface area contributed by atoms with Crippen LogP contribution in [0.15, 0.2) is 0 Å². The molecular weight excluding hydrogens is 308 g/mol. The van der Waals surface area contributed by atoms with Crippen LogP contribution in [0.25, 0.3) is 0 Å². The summed E-state index contributed by atoms with van der Waals surface area (Å²) in [5.74, 6) is 0.412. The van der Waals surface area contributed by atoms with Crippen molar-refractivity contribution in [3.8, 4) is 0 Å². The average Bonchev–Trinajstić information content (AvgIpc) is 2.51. The number of rotatable bonds is 8. The maximum Gasteiger partial charge on any atom is 0.410 e. The van der Waals surface area contributed by atoms with Crippen LogP contribution in [-0.4, -0.2) is 61.8 Å². The molecule has 6 nitrogen and oxygen atoms in total. The molecule has 1 rings (SSSR count). The van der Waals surface area contributed by atoms with Gasteiger partial charge in [0.2, 0.25) is 0 Å². The van der Waals surface area contributed by atoms with Gasteiger partial charge in [-0.1, -0.05) is 0 Å². The molecule has 2 atom stereocenters. The number of hydrogen-bond acceptors (Lipinski definition) is 5. The fourth-order valence-corrected chi connectivity index (χ4v) is 2.90. The fraction of sp³-hybridized carbons (Fsp3) is 0.944. The summed E-state index contributed by atoms with van der Waals surface area (Å²) in [4.78, 5) is 14.1. The minimum absolute atomic E-state index is 0.207. The Kier molecular flexibility index (Phi) is 9.02. The van der Waals surface area contributed by atoms with Crippen molar-refractivity contribution in [3.63, 3.8) is 0 Å². The summed E-state index contributed by atoms with van der Waals surface area (Å²) in [7, 11) is 0. The molecule has 0 aromatic rings. The van der Waals surface area contributed by atoms with E-state index >= 15 is 0 Å². The first kappa shape index (κ1) is 21.2. The molecule has 0 saturated carbocycles. The van der Waals surface area contributed by atoms with Crippen molar-refractivity contribution in [2.45, 2.75) is 72.3 Å². The zero-order valence-electron chi connectivity index (χ0n) is 16.3. The number of carbonyl (C=O) groups is 1. The molecule has 142 valence electrons. The van der Waals surface area contributed by atoms with Crippen molar-refractivity contribution in [1.29, 1.82) is 0 Å². The molecule has 1 fully saturated rings. The van der Waals surface area contributed by atoms with Crippen molar-refractivity contribution in [2.24, 2.45) is 5.92 Å². The number of nitrogens with one attached hydrogen (secondary N) is 1. The SMILES string of the molecule is CCOC(CN[C@H](C)[C@@H]1CCCN(C(=O)OC(C)(C)C)C1)OCC. The summed E-state index contributed by atoms with van der Waals surface area (Å²) in [5, 5.41) is 3.50. The van der Waals surface area contributed by atoms with Crippen LogP contribution in [0.2, 0.25) is 0 Å². The van der Waals surface area contributed by atoms with Crippen LogP contribution in [0.3, 0.4) is 0 Å². The van der Waals surface area contributed by atoms with Gasteiger partial charge in [-0.3, -0.25) is 0 Å². The Labute approximate surface area is 147 Å². The van der Waals surface area contributed by atoms with Crippen LogP contribution < -0.4 is 5.32 Å². The highest BCUT2D eigenvalue weighted by atomic mass is 16.7. The zero-order chi connectivity index (χ0) is 18.2. The van der Waals surface area contributed by atoms with E-state index in [9.17, 15) is 4.79 Å². The minimum atomic E-state index is -0.448. The van der Waals surface area contributed by atoms with Crippen molar-refractivity contribution in [3.05, 3.63) is 0 Å². The minimum Gasteiger partial charge on any atom is -0.444 e. The molecule has 0 unspecified atom stereocenters. The fourth-order valence-electron chi connectivity index (χ4n) is 2.90. The first-order valence-corrected chi connectivity index (χ1v) is 9.21. The number of piperidine rings is 1. The van der Waals surface area contributed by atoms with Gasteiger partial charge in [0.05, 0.1) is 0 Å². The summed E-state index contributed by atoms with van der Waals surface area (Å²) in [5.41, 5.74) is -0.448. The van der Waals surface area contributed by atoms with Gasteiger partial charge in [0, 0.05) is 38.9 Å². The topological polar surface area (TPSA) is 60.0 Å². The molecule has 1 N–H and O–H groups in total. The van der Waals surface area contributed by atoms with Gasteiger partial charge in [-0.05, 0) is 60.3 Å². The van der Waals surface area contributed by atoms with Crippen molar-refractivity contribution in [1.82, 2.24) is 10.2 Å². The van der Waals surface area contributed by atoms with E-state index in [2.05, 4.69) is 12.2 Å². The largest absolute Gasteiger partial charge is 0.444 e. The smallest absolute Gasteiger partial charge is 0.410 e. The average molecular weight is 344 g/mol. The molecule has 1 heterocycles. The summed E-state index contributed by atoms with van der Waals surface area (Å²) < 4.78 is 16.6. The third kappa shape index (κ3) is 7.81. The quantitative estimate of drug-likeness (QED) is 0.686. The van der Waals surface area contributed by atoms with E-state index < -0.39 is 5.60 Å². The third-order valence-electron chi connectivity index (χ3n) is 4.13. The van der Waals surface area contributed by atoms with Crippen molar-refractivity contribution >= 4 is 6.09 Å². The molecule has 0 aromatic carbocycles. The molecule has 0 spiro atoms. The second kappa shape index (κ2) is 10.2. The van der Waals surface area contributed by atoms with E-state index in [-0.39, 0.29) is 12.4 Å². The molecule has 0 aliphatic carbocycles. The molecule has 0 aromatic heterocycles. The molecule has 0 radical (unpaired) electrons. The summed E-state index contributed by atoms with van der Waals surface area (Å²) >= 11 is 0. The highest BCUT2D eigenvalue weighted by molar-refractivity contribution is 5.68. The van der Waals surface area contributed by atoms with Gasteiger partial charge < -0.3 is 24.4 Å². The molecule has 24 heavy (non-hydrogen) atoms. The highest BCUT2D eigenvalue weighted by Gasteiger charge is 2.30.